The van der Waals surface area contributed by atoms with Crippen molar-refractivity contribution in [3.8, 4) is 5.75 Å². The Hall–Kier alpha value is -4.02. The van der Waals surface area contributed by atoms with Crippen LogP contribution in [0.1, 0.15) is 42.5 Å². The van der Waals surface area contributed by atoms with E-state index >= 15 is 0 Å². The topological polar surface area (TPSA) is 92.6 Å². The maximum atomic E-state index is 13.6. The van der Waals surface area contributed by atoms with E-state index in [2.05, 4.69) is 17.1 Å². The number of aromatic nitrogens is 2. The standard InChI is InChI=1S/C30H26FN3O4S2/c1-2-3-17-38-23-15-11-20(12-16-23)25-24(26(35)21-9-13-22(31)14-10-21)27(36)28(37)34(25)29-32-33-30(40-29)39-18-19-7-5-4-6-8-19/h4-16,25,35H,2-3,17-18H2,1H3/b26-24-. The number of rotatable bonds is 10. The first-order chi connectivity index (χ1) is 19.5. The van der Waals surface area contributed by atoms with Crippen LogP contribution in [0.3, 0.4) is 0 Å². The van der Waals surface area contributed by atoms with Gasteiger partial charge in [0.25, 0.3) is 5.78 Å². The molecule has 204 valence electrons. The molecule has 1 aliphatic rings. The number of carbonyl (C=O) groups excluding carboxylic acids is 2. The van der Waals surface area contributed by atoms with Crippen LogP contribution in [0.4, 0.5) is 9.52 Å². The zero-order valence-electron chi connectivity index (χ0n) is 21.6. The fourth-order valence-electron chi connectivity index (χ4n) is 4.27. The lowest BCUT2D eigenvalue weighted by molar-refractivity contribution is -0.132. The highest BCUT2D eigenvalue weighted by Crippen LogP contribution is 2.44. The Morgan fingerprint density at radius 2 is 1.75 bits per heavy atom. The number of Topliss-reactive ketones (excluding diaryl/α,β-unsaturated/α-hetero) is 1. The normalized spacial score (nSPS) is 16.4. The van der Waals surface area contributed by atoms with Crippen LogP contribution >= 0.6 is 23.1 Å². The van der Waals surface area contributed by atoms with Crippen LogP contribution in [0.5, 0.6) is 5.75 Å². The molecule has 1 saturated heterocycles. The molecule has 0 radical (unpaired) electrons. The molecule has 5 rings (SSSR count). The minimum absolute atomic E-state index is 0.107. The predicted molar refractivity (Wildman–Crippen MR) is 154 cm³/mol. The van der Waals surface area contributed by atoms with Gasteiger partial charge in [0.05, 0.1) is 18.2 Å². The Balaban J connectivity index is 1.51. The molecule has 3 aromatic carbocycles. The van der Waals surface area contributed by atoms with Crippen molar-refractivity contribution in [1.29, 1.82) is 0 Å². The number of halogens is 1. The lowest BCUT2D eigenvalue weighted by Gasteiger charge is -2.22. The number of unbranched alkanes of at least 4 members (excludes halogenated alkanes) is 1. The van der Waals surface area contributed by atoms with Gasteiger partial charge in [-0.2, -0.15) is 0 Å². The van der Waals surface area contributed by atoms with E-state index in [1.807, 2.05) is 30.3 Å². The lowest BCUT2D eigenvalue weighted by atomic mass is 9.95. The first-order valence-corrected chi connectivity index (χ1v) is 14.6. The number of anilines is 1. The number of carbonyl (C=O) groups is 2. The minimum Gasteiger partial charge on any atom is -0.507 e. The fraction of sp³-hybridized carbons (Fsp3) is 0.200. The molecule has 2 heterocycles. The summed E-state index contributed by atoms with van der Waals surface area (Å²) in [5.41, 5.74) is 1.81. The smallest absolute Gasteiger partial charge is 0.301 e. The summed E-state index contributed by atoms with van der Waals surface area (Å²) < 4.78 is 20.0. The molecule has 1 aliphatic heterocycles. The summed E-state index contributed by atoms with van der Waals surface area (Å²) in [6, 6.07) is 21.1. The van der Waals surface area contributed by atoms with E-state index in [9.17, 15) is 19.1 Å². The molecule has 1 N–H and O–H groups in total. The zero-order valence-corrected chi connectivity index (χ0v) is 23.3. The first-order valence-electron chi connectivity index (χ1n) is 12.8. The van der Waals surface area contributed by atoms with Crippen LogP contribution in [0.2, 0.25) is 0 Å². The number of nitrogens with zero attached hydrogens (tertiary/aromatic N) is 3. The second kappa shape index (κ2) is 12.4. The van der Waals surface area contributed by atoms with Crippen molar-refractivity contribution >= 4 is 45.7 Å². The molecule has 0 aliphatic carbocycles. The summed E-state index contributed by atoms with van der Waals surface area (Å²) in [6.07, 6.45) is 1.92. The van der Waals surface area contributed by atoms with E-state index in [-0.39, 0.29) is 16.3 Å². The SMILES string of the molecule is CCCCOc1ccc(C2/C(=C(/O)c3ccc(F)cc3)C(=O)C(=O)N2c2nnc(SCc3ccccc3)s2)cc1. The molecule has 1 unspecified atom stereocenters. The number of amides is 1. The summed E-state index contributed by atoms with van der Waals surface area (Å²) in [6.45, 7) is 2.66. The zero-order chi connectivity index (χ0) is 28.1. The molecule has 1 aromatic heterocycles. The molecular formula is C30H26FN3O4S2. The summed E-state index contributed by atoms with van der Waals surface area (Å²) in [5.74, 6) is -1.24. The molecule has 4 aromatic rings. The molecule has 10 heteroatoms. The Morgan fingerprint density at radius 3 is 2.45 bits per heavy atom. The number of aliphatic hydroxyl groups is 1. The number of hydrogen-bond acceptors (Lipinski definition) is 8. The second-order valence-electron chi connectivity index (χ2n) is 9.07. The van der Waals surface area contributed by atoms with Crippen molar-refractivity contribution < 1.29 is 23.8 Å². The minimum atomic E-state index is -0.963. The average Bonchev–Trinajstić information content (AvgIpc) is 3.55. The summed E-state index contributed by atoms with van der Waals surface area (Å²) >= 11 is 2.67. The van der Waals surface area contributed by atoms with Crippen LogP contribution in [0.25, 0.3) is 5.76 Å². The van der Waals surface area contributed by atoms with Crippen molar-refractivity contribution in [2.75, 3.05) is 11.5 Å². The monoisotopic (exact) mass is 575 g/mol. The number of ether oxygens (including phenoxy) is 1. The summed E-state index contributed by atoms with van der Waals surface area (Å²) in [4.78, 5) is 28.0. The van der Waals surface area contributed by atoms with Gasteiger partial charge in [-0.15, -0.1) is 10.2 Å². The molecule has 0 spiro atoms. The Labute approximate surface area is 239 Å². The molecule has 0 saturated carbocycles. The number of hydrogen-bond donors (Lipinski definition) is 1. The summed E-state index contributed by atoms with van der Waals surface area (Å²) in [5, 5.41) is 19.9. The van der Waals surface area contributed by atoms with Gasteiger partial charge in [0, 0.05) is 11.3 Å². The van der Waals surface area contributed by atoms with E-state index in [1.165, 1.54) is 52.3 Å². The highest BCUT2D eigenvalue weighted by Gasteiger charge is 2.48. The van der Waals surface area contributed by atoms with Gasteiger partial charge in [-0.05, 0) is 53.9 Å². The van der Waals surface area contributed by atoms with E-state index in [1.54, 1.807) is 24.3 Å². The third-order valence-corrected chi connectivity index (χ3v) is 8.46. The van der Waals surface area contributed by atoms with Crippen molar-refractivity contribution in [2.24, 2.45) is 0 Å². The summed E-state index contributed by atoms with van der Waals surface area (Å²) in [7, 11) is 0. The molecule has 0 bridgehead atoms. The van der Waals surface area contributed by atoms with Gasteiger partial charge in [-0.25, -0.2) is 4.39 Å². The Bertz CT molecular complexity index is 1520. The third kappa shape index (κ3) is 5.93. The second-order valence-corrected chi connectivity index (χ2v) is 11.3. The molecule has 40 heavy (non-hydrogen) atoms. The Kier molecular flexibility index (Phi) is 8.57. The molecule has 7 nitrogen and oxygen atoms in total. The van der Waals surface area contributed by atoms with Crippen molar-refractivity contribution in [1.82, 2.24) is 10.2 Å². The van der Waals surface area contributed by atoms with E-state index in [4.69, 9.17) is 4.74 Å². The van der Waals surface area contributed by atoms with E-state index in [0.717, 1.165) is 18.4 Å². The van der Waals surface area contributed by atoms with Gasteiger partial charge in [-0.1, -0.05) is 78.9 Å². The van der Waals surface area contributed by atoms with Gasteiger partial charge < -0.3 is 9.84 Å². The highest BCUT2D eigenvalue weighted by atomic mass is 32.2. The van der Waals surface area contributed by atoms with Crippen molar-refractivity contribution in [3.63, 3.8) is 0 Å². The van der Waals surface area contributed by atoms with Crippen LogP contribution in [-0.2, 0) is 15.3 Å². The van der Waals surface area contributed by atoms with Gasteiger partial charge in [0.2, 0.25) is 5.13 Å². The predicted octanol–water partition coefficient (Wildman–Crippen LogP) is 6.77. The third-order valence-electron chi connectivity index (χ3n) is 6.33. The Morgan fingerprint density at radius 1 is 1.02 bits per heavy atom. The lowest BCUT2D eigenvalue weighted by Crippen LogP contribution is -2.29. The van der Waals surface area contributed by atoms with Crippen LogP contribution in [0, 0.1) is 5.82 Å². The van der Waals surface area contributed by atoms with Crippen molar-refractivity contribution in [2.45, 2.75) is 35.9 Å². The maximum Gasteiger partial charge on any atom is 0.301 e. The quantitative estimate of drug-likeness (QED) is 0.0557. The molecular weight excluding hydrogens is 549 g/mol. The van der Waals surface area contributed by atoms with E-state index < -0.39 is 29.3 Å². The van der Waals surface area contributed by atoms with Gasteiger partial charge in [0.15, 0.2) is 4.34 Å². The first kappa shape index (κ1) is 27.5. The number of aliphatic hydroxyl groups excluding tert-OH is 1. The van der Waals surface area contributed by atoms with E-state index in [0.29, 0.717) is 28.0 Å². The fourth-order valence-corrected chi connectivity index (χ4v) is 6.09. The maximum absolute atomic E-state index is 13.6. The van der Waals surface area contributed by atoms with Crippen LogP contribution < -0.4 is 9.64 Å². The van der Waals surface area contributed by atoms with Gasteiger partial charge in [-0.3, -0.25) is 14.5 Å². The molecule has 1 fully saturated rings. The van der Waals surface area contributed by atoms with Crippen molar-refractivity contribution in [3.05, 3.63) is 107 Å². The van der Waals surface area contributed by atoms with Crippen LogP contribution in [0.15, 0.2) is 88.8 Å². The number of ketones is 1. The largest absolute Gasteiger partial charge is 0.507 e. The highest BCUT2D eigenvalue weighted by molar-refractivity contribution is 8.00. The average molecular weight is 576 g/mol. The molecule has 1 amide bonds. The number of thioether (sulfide) groups is 1. The number of benzene rings is 3. The van der Waals surface area contributed by atoms with Gasteiger partial charge in [0.1, 0.15) is 17.3 Å². The molecule has 1 atom stereocenters. The van der Waals surface area contributed by atoms with Crippen LogP contribution in [-0.4, -0.2) is 33.6 Å². The van der Waals surface area contributed by atoms with Gasteiger partial charge >= 0.3 is 5.91 Å².